The van der Waals surface area contributed by atoms with Gasteiger partial charge in [0, 0.05) is 26.2 Å². The standard InChI is InChI=1S/C21H37N3O2/c1-6-22-21(24-15-19(10-12-25)13-16(2)3)23-11-9-18-8-7-17(4)20(14-18)26-5/h7-8,14,16,19,25H,6,9-13,15H2,1-5H3,(H2,22,23,24). The predicted molar refractivity (Wildman–Crippen MR) is 110 cm³/mol. The molecule has 0 amide bonds. The highest BCUT2D eigenvalue weighted by atomic mass is 16.5. The zero-order chi connectivity index (χ0) is 19.4. The van der Waals surface area contributed by atoms with Gasteiger partial charge in [0.1, 0.15) is 5.75 Å². The fourth-order valence-corrected chi connectivity index (χ4v) is 3.04. The number of nitrogens with zero attached hydrogens (tertiary/aromatic N) is 1. The lowest BCUT2D eigenvalue weighted by molar-refractivity contribution is 0.245. The molecule has 1 atom stereocenters. The molecule has 5 heteroatoms. The molecule has 0 saturated carbocycles. The van der Waals surface area contributed by atoms with Crippen LogP contribution in [0.2, 0.25) is 0 Å². The number of hydrogen-bond acceptors (Lipinski definition) is 3. The number of ether oxygens (including phenoxy) is 1. The van der Waals surface area contributed by atoms with Crippen LogP contribution in [0.25, 0.3) is 0 Å². The lowest BCUT2D eigenvalue weighted by Gasteiger charge is -2.17. The molecule has 0 bridgehead atoms. The summed E-state index contributed by atoms with van der Waals surface area (Å²) in [5, 5.41) is 16.0. The number of benzene rings is 1. The van der Waals surface area contributed by atoms with Crippen molar-refractivity contribution >= 4 is 5.96 Å². The number of methoxy groups -OCH3 is 1. The summed E-state index contributed by atoms with van der Waals surface area (Å²) in [7, 11) is 1.71. The third-order valence-corrected chi connectivity index (χ3v) is 4.37. The lowest BCUT2D eigenvalue weighted by atomic mass is 9.94. The highest BCUT2D eigenvalue weighted by Crippen LogP contribution is 2.19. The second kappa shape index (κ2) is 12.6. The number of rotatable bonds is 11. The minimum Gasteiger partial charge on any atom is -0.496 e. The molecule has 0 heterocycles. The number of aliphatic hydroxyl groups excluding tert-OH is 1. The third kappa shape index (κ3) is 8.56. The zero-order valence-corrected chi connectivity index (χ0v) is 17.1. The van der Waals surface area contributed by atoms with Gasteiger partial charge >= 0.3 is 0 Å². The number of aliphatic imine (C=N–C) groups is 1. The maximum Gasteiger partial charge on any atom is 0.191 e. The van der Waals surface area contributed by atoms with Crippen molar-refractivity contribution in [3.05, 3.63) is 29.3 Å². The first-order chi connectivity index (χ1) is 12.5. The molecule has 0 aliphatic carbocycles. The van der Waals surface area contributed by atoms with E-state index in [9.17, 15) is 5.11 Å². The van der Waals surface area contributed by atoms with E-state index in [4.69, 9.17) is 9.73 Å². The molecule has 1 aromatic rings. The minimum absolute atomic E-state index is 0.228. The van der Waals surface area contributed by atoms with E-state index >= 15 is 0 Å². The lowest BCUT2D eigenvalue weighted by Crippen LogP contribution is -2.38. The monoisotopic (exact) mass is 363 g/mol. The molecule has 0 fully saturated rings. The van der Waals surface area contributed by atoms with Gasteiger partial charge in [0.15, 0.2) is 5.96 Å². The first-order valence-electron chi connectivity index (χ1n) is 9.76. The Hall–Kier alpha value is -1.75. The Kier molecular flexibility index (Phi) is 10.8. The molecule has 0 aliphatic rings. The zero-order valence-electron chi connectivity index (χ0n) is 17.1. The molecule has 0 aromatic heterocycles. The van der Waals surface area contributed by atoms with Gasteiger partial charge in [-0.3, -0.25) is 4.99 Å². The summed E-state index contributed by atoms with van der Waals surface area (Å²) < 4.78 is 5.39. The van der Waals surface area contributed by atoms with Gasteiger partial charge in [-0.15, -0.1) is 0 Å². The van der Waals surface area contributed by atoms with Crippen molar-refractivity contribution < 1.29 is 9.84 Å². The van der Waals surface area contributed by atoms with Gasteiger partial charge in [-0.25, -0.2) is 0 Å². The maximum absolute atomic E-state index is 9.26. The van der Waals surface area contributed by atoms with Crippen molar-refractivity contribution in [2.45, 2.75) is 47.0 Å². The molecule has 5 nitrogen and oxygen atoms in total. The third-order valence-electron chi connectivity index (χ3n) is 4.37. The summed E-state index contributed by atoms with van der Waals surface area (Å²) in [6.45, 7) is 11.2. The van der Waals surface area contributed by atoms with Crippen molar-refractivity contribution in [3.8, 4) is 5.75 Å². The molecule has 0 spiro atoms. The molecular weight excluding hydrogens is 326 g/mol. The van der Waals surface area contributed by atoms with E-state index in [1.54, 1.807) is 7.11 Å². The van der Waals surface area contributed by atoms with Gasteiger partial charge in [-0.2, -0.15) is 0 Å². The van der Waals surface area contributed by atoms with E-state index in [1.807, 2.05) is 0 Å². The van der Waals surface area contributed by atoms with Crippen molar-refractivity contribution in [2.24, 2.45) is 16.8 Å². The van der Waals surface area contributed by atoms with Crippen LogP contribution in [-0.4, -0.2) is 44.4 Å². The Morgan fingerprint density at radius 3 is 2.65 bits per heavy atom. The van der Waals surface area contributed by atoms with Gasteiger partial charge in [-0.05, 0) is 62.1 Å². The average molecular weight is 364 g/mol. The number of nitrogens with one attached hydrogen (secondary N) is 2. The molecule has 148 valence electrons. The molecule has 3 N–H and O–H groups in total. The van der Waals surface area contributed by atoms with Crippen LogP contribution in [0, 0.1) is 18.8 Å². The summed E-state index contributed by atoms with van der Waals surface area (Å²) in [4.78, 5) is 4.72. The Bertz CT molecular complexity index is 544. The highest BCUT2D eigenvalue weighted by Gasteiger charge is 2.10. The summed E-state index contributed by atoms with van der Waals surface area (Å²) in [6.07, 6.45) is 2.81. The molecule has 26 heavy (non-hydrogen) atoms. The minimum atomic E-state index is 0.228. The molecule has 0 aliphatic heterocycles. The van der Waals surface area contributed by atoms with E-state index in [-0.39, 0.29) is 6.61 Å². The van der Waals surface area contributed by atoms with Crippen molar-refractivity contribution in [3.63, 3.8) is 0 Å². The number of aliphatic hydroxyl groups is 1. The summed E-state index contributed by atoms with van der Waals surface area (Å²) in [5.74, 6) is 2.83. The van der Waals surface area contributed by atoms with Crippen LogP contribution in [-0.2, 0) is 6.42 Å². The summed E-state index contributed by atoms with van der Waals surface area (Å²) in [5.41, 5.74) is 2.40. The normalized spacial score (nSPS) is 13.0. The highest BCUT2D eigenvalue weighted by molar-refractivity contribution is 5.79. The van der Waals surface area contributed by atoms with Crippen LogP contribution >= 0.6 is 0 Å². The second-order valence-corrected chi connectivity index (χ2v) is 7.21. The topological polar surface area (TPSA) is 65.9 Å². The van der Waals surface area contributed by atoms with E-state index in [0.717, 1.165) is 56.2 Å². The van der Waals surface area contributed by atoms with Gasteiger partial charge in [0.2, 0.25) is 0 Å². The quantitative estimate of drug-likeness (QED) is 0.417. The maximum atomic E-state index is 9.26. The van der Waals surface area contributed by atoms with E-state index < -0.39 is 0 Å². The van der Waals surface area contributed by atoms with Crippen molar-refractivity contribution in [1.82, 2.24) is 10.6 Å². The Morgan fingerprint density at radius 1 is 1.27 bits per heavy atom. The fourth-order valence-electron chi connectivity index (χ4n) is 3.04. The van der Waals surface area contributed by atoms with Crippen LogP contribution in [0.1, 0.15) is 44.7 Å². The predicted octanol–water partition coefficient (Wildman–Crippen LogP) is 3.15. The van der Waals surface area contributed by atoms with Gasteiger partial charge in [0.25, 0.3) is 0 Å². The first-order valence-corrected chi connectivity index (χ1v) is 9.76. The smallest absolute Gasteiger partial charge is 0.191 e. The number of guanidine groups is 1. The molecular formula is C21H37N3O2. The number of aryl methyl sites for hydroxylation is 1. The van der Waals surface area contributed by atoms with Gasteiger partial charge in [0.05, 0.1) is 7.11 Å². The second-order valence-electron chi connectivity index (χ2n) is 7.21. The number of hydrogen-bond donors (Lipinski definition) is 3. The Morgan fingerprint density at radius 2 is 2.04 bits per heavy atom. The van der Waals surface area contributed by atoms with E-state index in [0.29, 0.717) is 11.8 Å². The van der Waals surface area contributed by atoms with Crippen molar-refractivity contribution in [2.75, 3.05) is 33.4 Å². The largest absolute Gasteiger partial charge is 0.496 e. The molecule has 1 aromatic carbocycles. The van der Waals surface area contributed by atoms with Crippen LogP contribution in [0.4, 0.5) is 0 Å². The molecule has 0 radical (unpaired) electrons. The van der Waals surface area contributed by atoms with E-state index in [1.165, 1.54) is 5.56 Å². The molecule has 0 saturated heterocycles. The van der Waals surface area contributed by atoms with E-state index in [2.05, 4.69) is 56.5 Å². The van der Waals surface area contributed by atoms with Crippen LogP contribution < -0.4 is 15.4 Å². The Labute approximate surface area is 159 Å². The SMILES string of the molecule is CCNC(=NCC(CCO)CC(C)C)NCCc1ccc(C)c(OC)c1. The van der Waals surface area contributed by atoms with Crippen LogP contribution in [0.15, 0.2) is 23.2 Å². The Balaban J connectivity index is 2.58. The fraction of sp³-hybridized carbons (Fsp3) is 0.667. The average Bonchev–Trinajstić information content (AvgIpc) is 2.60. The molecule has 1 rings (SSSR count). The molecule has 1 unspecified atom stereocenters. The summed E-state index contributed by atoms with van der Waals surface area (Å²) >= 11 is 0. The van der Waals surface area contributed by atoms with Crippen LogP contribution in [0.5, 0.6) is 5.75 Å². The summed E-state index contributed by atoms with van der Waals surface area (Å²) in [6, 6.07) is 6.34. The van der Waals surface area contributed by atoms with Gasteiger partial charge < -0.3 is 20.5 Å². The van der Waals surface area contributed by atoms with Crippen molar-refractivity contribution in [1.29, 1.82) is 0 Å². The van der Waals surface area contributed by atoms with Gasteiger partial charge in [-0.1, -0.05) is 26.0 Å². The first kappa shape index (κ1) is 22.3. The van der Waals surface area contributed by atoms with Crippen LogP contribution in [0.3, 0.4) is 0 Å².